The summed E-state index contributed by atoms with van der Waals surface area (Å²) in [4.78, 5) is 30.5. The number of hydrogen-bond acceptors (Lipinski definition) is 5. The monoisotopic (exact) mass is 336 g/mol. The number of hydrogen-bond donors (Lipinski definition) is 0. The van der Waals surface area contributed by atoms with Crippen LogP contribution in [0.2, 0.25) is 0 Å². The van der Waals surface area contributed by atoms with E-state index in [0.29, 0.717) is 18.5 Å². The fourth-order valence-electron chi connectivity index (χ4n) is 2.18. The molecule has 5 nitrogen and oxygen atoms in total. The van der Waals surface area contributed by atoms with Crippen molar-refractivity contribution >= 4 is 27.5 Å². The molecule has 0 spiro atoms. The van der Waals surface area contributed by atoms with Crippen LogP contribution in [0.15, 0.2) is 11.1 Å². The molecule has 6 heteroatoms. The molecule has 126 valence electrons. The van der Waals surface area contributed by atoms with Crippen LogP contribution in [-0.4, -0.2) is 22.1 Å². The van der Waals surface area contributed by atoms with Crippen molar-refractivity contribution in [2.45, 2.75) is 54.0 Å². The third-order valence-electron chi connectivity index (χ3n) is 3.83. The van der Waals surface area contributed by atoms with Gasteiger partial charge in [-0.05, 0) is 31.2 Å². The number of nitrogens with zero attached hydrogens (tertiary/aromatic N) is 2. The number of rotatable bonds is 5. The normalized spacial score (nSPS) is 11.9. The summed E-state index contributed by atoms with van der Waals surface area (Å²) in [5, 5.41) is 0.663. The van der Waals surface area contributed by atoms with Crippen molar-refractivity contribution in [3.8, 4) is 0 Å². The number of ether oxygens (including phenoxy) is 1. The van der Waals surface area contributed by atoms with Crippen LogP contribution in [-0.2, 0) is 16.1 Å². The van der Waals surface area contributed by atoms with Gasteiger partial charge in [0, 0.05) is 11.4 Å². The number of fused-ring (bicyclic) bond motifs is 1. The van der Waals surface area contributed by atoms with Crippen LogP contribution in [0, 0.1) is 19.3 Å². The molecule has 0 saturated carbocycles. The number of thiophene rings is 1. The third-order valence-corrected chi connectivity index (χ3v) is 4.94. The lowest BCUT2D eigenvalue weighted by Crippen LogP contribution is -2.22. The summed E-state index contributed by atoms with van der Waals surface area (Å²) < 4.78 is 6.71. The summed E-state index contributed by atoms with van der Waals surface area (Å²) in [5.41, 5.74) is 1.03. The molecular formula is C17H24N2O3S. The van der Waals surface area contributed by atoms with Gasteiger partial charge in [0.05, 0.1) is 24.7 Å². The standard InChI is InChI=1S/C17H24N2O3S/c1-11-12(2)23-15-14(11)16(21)19(10-18-15)8-6-13(20)22-9-7-17(3,4)5/h10H,6-9H2,1-5H3. The molecule has 0 N–H and O–H groups in total. The van der Waals surface area contributed by atoms with Gasteiger partial charge in [-0.25, -0.2) is 4.98 Å². The molecule has 0 atom stereocenters. The molecule has 0 aliphatic heterocycles. The van der Waals surface area contributed by atoms with E-state index in [0.717, 1.165) is 21.7 Å². The highest BCUT2D eigenvalue weighted by Crippen LogP contribution is 2.25. The lowest BCUT2D eigenvalue weighted by Gasteiger charge is -2.17. The Morgan fingerprint density at radius 1 is 1.35 bits per heavy atom. The summed E-state index contributed by atoms with van der Waals surface area (Å²) in [7, 11) is 0. The molecule has 0 unspecified atom stereocenters. The zero-order chi connectivity index (χ0) is 17.2. The van der Waals surface area contributed by atoms with Crippen molar-refractivity contribution in [1.29, 1.82) is 0 Å². The van der Waals surface area contributed by atoms with Crippen molar-refractivity contribution in [1.82, 2.24) is 9.55 Å². The third kappa shape index (κ3) is 4.41. The molecule has 2 rings (SSSR count). The molecule has 0 aliphatic carbocycles. The van der Waals surface area contributed by atoms with Crippen molar-refractivity contribution in [3.05, 3.63) is 27.1 Å². The van der Waals surface area contributed by atoms with E-state index in [2.05, 4.69) is 25.8 Å². The topological polar surface area (TPSA) is 61.2 Å². The van der Waals surface area contributed by atoms with E-state index in [1.54, 1.807) is 0 Å². The molecule has 0 bridgehead atoms. The van der Waals surface area contributed by atoms with Crippen LogP contribution < -0.4 is 5.56 Å². The summed E-state index contributed by atoms with van der Waals surface area (Å²) in [6.45, 7) is 10.9. The van der Waals surface area contributed by atoms with Crippen LogP contribution in [0.25, 0.3) is 10.2 Å². The van der Waals surface area contributed by atoms with E-state index < -0.39 is 0 Å². The maximum Gasteiger partial charge on any atom is 0.307 e. The highest BCUT2D eigenvalue weighted by molar-refractivity contribution is 7.18. The zero-order valence-corrected chi connectivity index (χ0v) is 15.2. The number of carbonyl (C=O) groups is 1. The Balaban J connectivity index is 2.00. The molecule has 0 fully saturated rings. The first-order chi connectivity index (χ1) is 10.7. The van der Waals surface area contributed by atoms with E-state index in [1.807, 2.05) is 13.8 Å². The Hall–Kier alpha value is -1.69. The maximum atomic E-state index is 12.5. The molecule has 23 heavy (non-hydrogen) atoms. The lowest BCUT2D eigenvalue weighted by atomic mass is 9.93. The zero-order valence-electron chi connectivity index (χ0n) is 14.4. The second-order valence-electron chi connectivity index (χ2n) is 6.99. The van der Waals surface area contributed by atoms with E-state index in [-0.39, 0.29) is 23.4 Å². The van der Waals surface area contributed by atoms with Gasteiger partial charge < -0.3 is 4.74 Å². The highest BCUT2D eigenvalue weighted by Gasteiger charge is 2.14. The minimum absolute atomic E-state index is 0.0839. The molecule has 0 aromatic carbocycles. The average molecular weight is 336 g/mol. The quantitative estimate of drug-likeness (QED) is 0.785. The minimum atomic E-state index is -0.278. The lowest BCUT2D eigenvalue weighted by molar-refractivity contribution is -0.144. The van der Waals surface area contributed by atoms with Gasteiger partial charge in [0.1, 0.15) is 4.83 Å². The maximum absolute atomic E-state index is 12.5. The van der Waals surface area contributed by atoms with E-state index in [4.69, 9.17) is 4.74 Å². The van der Waals surface area contributed by atoms with Crippen LogP contribution >= 0.6 is 11.3 Å². The van der Waals surface area contributed by atoms with Gasteiger partial charge in [-0.3, -0.25) is 14.2 Å². The van der Waals surface area contributed by atoms with Crippen molar-refractivity contribution < 1.29 is 9.53 Å². The fourth-order valence-corrected chi connectivity index (χ4v) is 3.17. The predicted molar refractivity (Wildman–Crippen MR) is 93.0 cm³/mol. The van der Waals surface area contributed by atoms with Gasteiger partial charge in [0.15, 0.2) is 0 Å². The van der Waals surface area contributed by atoms with Crippen molar-refractivity contribution in [2.75, 3.05) is 6.61 Å². The fraction of sp³-hybridized carbons (Fsp3) is 0.588. The predicted octanol–water partition coefficient (Wildman–Crippen LogP) is 3.44. The van der Waals surface area contributed by atoms with Gasteiger partial charge in [-0.2, -0.15) is 0 Å². The summed E-state index contributed by atoms with van der Waals surface area (Å²) >= 11 is 1.52. The molecule has 0 saturated heterocycles. The highest BCUT2D eigenvalue weighted by atomic mass is 32.1. The van der Waals surface area contributed by atoms with Crippen LogP contribution in [0.5, 0.6) is 0 Å². The number of carbonyl (C=O) groups excluding carboxylic acids is 1. The van der Waals surface area contributed by atoms with E-state index >= 15 is 0 Å². The first-order valence-corrected chi connectivity index (χ1v) is 8.61. The first-order valence-electron chi connectivity index (χ1n) is 7.80. The van der Waals surface area contributed by atoms with Gasteiger partial charge in [-0.1, -0.05) is 20.8 Å². The van der Waals surface area contributed by atoms with Gasteiger partial charge in [0.25, 0.3) is 5.56 Å². The second kappa shape index (κ2) is 6.83. The number of aryl methyl sites for hydroxylation is 3. The second-order valence-corrected chi connectivity index (χ2v) is 8.19. The van der Waals surface area contributed by atoms with Gasteiger partial charge in [-0.15, -0.1) is 11.3 Å². The SMILES string of the molecule is Cc1sc2ncn(CCC(=O)OCCC(C)(C)C)c(=O)c2c1C. The van der Waals surface area contributed by atoms with Crippen LogP contribution in [0.3, 0.4) is 0 Å². The summed E-state index contributed by atoms with van der Waals surface area (Å²) in [5.74, 6) is -0.278. The minimum Gasteiger partial charge on any atom is -0.466 e. The Kier molecular flexibility index (Phi) is 5.24. The molecule has 0 amide bonds. The number of aromatic nitrogens is 2. The van der Waals surface area contributed by atoms with Crippen LogP contribution in [0.1, 0.15) is 44.1 Å². The molecule has 2 heterocycles. The largest absolute Gasteiger partial charge is 0.466 e. The Bertz CT molecular complexity index is 768. The first kappa shape index (κ1) is 17.7. The molecule has 0 radical (unpaired) electrons. The molecular weight excluding hydrogens is 312 g/mol. The van der Waals surface area contributed by atoms with Gasteiger partial charge >= 0.3 is 5.97 Å². The number of esters is 1. The van der Waals surface area contributed by atoms with Crippen molar-refractivity contribution in [3.63, 3.8) is 0 Å². The van der Waals surface area contributed by atoms with Crippen LogP contribution in [0.4, 0.5) is 0 Å². The average Bonchev–Trinajstić information content (AvgIpc) is 2.73. The molecule has 0 aliphatic rings. The Labute approximate surface area is 140 Å². The molecule has 2 aromatic rings. The van der Waals surface area contributed by atoms with E-state index in [9.17, 15) is 9.59 Å². The smallest absolute Gasteiger partial charge is 0.307 e. The summed E-state index contributed by atoms with van der Waals surface area (Å²) in [6.07, 6.45) is 2.52. The van der Waals surface area contributed by atoms with Gasteiger partial charge in [0.2, 0.25) is 0 Å². The Morgan fingerprint density at radius 2 is 2.04 bits per heavy atom. The van der Waals surface area contributed by atoms with E-state index in [1.165, 1.54) is 22.2 Å². The summed E-state index contributed by atoms with van der Waals surface area (Å²) in [6, 6.07) is 0. The van der Waals surface area contributed by atoms with Crippen molar-refractivity contribution in [2.24, 2.45) is 5.41 Å². The molecule has 2 aromatic heterocycles. The Morgan fingerprint density at radius 3 is 2.70 bits per heavy atom.